The van der Waals surface area contributed by atoms with Crippen molar-refractivity contribution in [1.29, 1.82) is 0 Å². The van der Waals surface area contributed by atoms with Crippen LogP contribution in [0.1, 0.15) is 440 Å². The zero-order valence-corrected chi connectivity index (χ0v) is 69.6. The van der Waals surface area contributed by atoms with Crippen molar-refractivity contribution in [3.8, 4) is 0 Å². The second-order valence-electron chi connectivity index (χ2n) is 31.6. The maximum Gasteiger partial charge on any atom is 0.472 e. The molecule has 17 nitrogen and oxygen atoms in total. The molecule has 0 heterocycles. The molecule has 0 amide bonds. The van der Waals surface area contributed by atoms with Crippen molar-refractivity contribution < 1.29 is 80.2 Å². The molecule has 0 aliphatic carbocycles. The molecule has 19 heteroatoms. The molecule has 0 aromatic rings. The van der Waals surface area contributed by atoms with Crippen LogP contribution in [0.5, 0.6) is 0 Å². The Hall–Kier alpha value is -1.94. The van der Waals surface area contributed by atoms with Gasteiger partial charge in [-0.1, -0.05) is 389 Å². The molecule has 612 valence electrons. The Bertz CT molecular complexity index is 1990. The van der Waals surface area contributed by atoms with E-state index in [-0.39, 0.29) is 25.7 Å². The molecule has 3 N–H and O–H groups in total. The fraction of sp³-hybridized carbons (Fsp3) is 0.952. The summed E-state index contributed by atoms with van der Waals surface area (Å²) in [6.45, 7) is 12.0. The van der Waals surface area contributed by atoms with Crippen molar-refractivity contribution in [3.05, 3.63) is 0 Å². The number of aliphatic hydroxyl groups is 1. The second kappa shape index (κ2) is 74.2. The van der Waals surface area contributed by atoms with Crippen molar-refractivity contribution >= 4 is 39.5 Å². The lowest BCUT2D eigenvalue weighted by Gasteiger charge is -2.21. The highest BCUT2D eigenvalue weighted by Crippen LogP contribution is 2.45. The largest absolute Gasteiger partial charge is 0.472 e. The van der Waals surface area contributed by atoms with E-state index in [1.165, 1.54) is 244 Å². The standard InChI is InChI=1S/C84H164O17P2/c1-8-9-10-11-12-13-14-15-16-22-28-33-38-45-53-60-68-84(89)101-80(72-95-82(87)66-59-52-47-40-43-50-57-64-77(6)7)74-99-103(92,93)97-70-78(85)69-96-102(90,91)98-73-79(71-94-81(86)65-58-51-44-37-32-27-24-19-21-26-31-36-42-49-56-63-76(4)5)100-83(88)67-61-54-46-39-34-29-23-18-17-20-25-30-35-41-48-55-62-75(2)3/h75-80,85H,8-74H2,1-7H3,(H,90,91)(H,92,93)/t78-,79-,80-/m1/s1. The number of aliphatic hydroxyl groups excluding tert-OH is 1. The van der Waals surface area contributed by atoms with E-state index in [0.29, 0.717) is 31.6 Å². The van der Waals surface area contributed by atoms with E-state index in [1.54, 1.807) is 0 Å². The van der Waals surface area contributed by atoms with Gasteiger partial charge in [0, 0.05) is 25.7 Å². The number of phosphoric ester groups is 2. The monoisotopic (exact) mass is 1510 g/mol. The molecule has 0 saturated carbocycles. The minimum atomic E-state index is -4.96. The summed E-state index contributed by atoms with van der Waals surface area (Å²) < 4.78 is 68.8. The Morgan fingerprint density at radius 1 is 0.262 bits per heavy atom. The number of phosphoric acid groups is 2. The van der Waals surface area contributed by atoms with Gasteiger partial charge in [0.2, 0.25) is 0 Å². The van der Waals surface area contributed by atoms with E-state index in [1.807, 2.05) is 0 Å². The first-order valence-corrected chi connectivity index (χ1v) is 46.3. The van der Waals surface area contributed by atoms with E-state index in [2.05, 4.69) is 48.5 Å². The summed E-state index contributed by atoms with van der Waals surface area (Å²) in [4.78, 5) is 73.1. The Morgan fingerprint density at radius 2 is 0.447 bits per heavy atom. The first kappa shape index (κ1) is 101. The maximum absolute atomic E-state index is 13.1. The van der Waals surface area contributed by atoms with Gasteiger partial charge < -0.3 is 33.8 Å². The van der Waals surface area contributed by atoms with E-state index in [4.69, 9.17) is 37.0 Å². The topological polar surface area (TPSA) is 237 Å². The first-order valence-electron chi connectivity index (χ1n) is 43.3. The highest BCUT2D eigenvalue weighted by molar-refractivity contribution is 7.47. The van der Waals surface area contributed by atoms with Crippen LogP contribution in [0.15, 0.2) is 0 Å². The van der Waals surface area contributed by atoms with Crippen molar-refractivity contribution in [2.45, 2.75) is 458 Å². The van der Waals surface area contributed by atoms with Gasteiger partial charge in [0.15, 0.2) is 12.2 Å². The van der Waals surface area contributed by atoms with E-state index >= 15 is 0 Å². The molecular weight excluding hydrogens is 1340 g/mol. The third-order valence-corrected chi connectivity index (χ3v) is 21.5. The Kier molecular flexibility index (Phi) is 72.8. The number of hydrogen-bond donors (Lipinski definition) is 3. The van der Waals surface area contributed by atoms with Crippen LogP contribution in [0.4, 0.5) is 0 Å². The molecule has 0 saturated heterocycles. The number of carbonyl (C=O) groups excluding carboxylic acids is 4. The molecule has 0 rings (SSSR count). The molecule has 0 fully saturated rings. The third kappa shape index (κ3) is 78.0. The normalized spacial score (nSPS) is 13.9. The molecule has 0 spiro atoms. The zero-order chi connectivity index (χ0) is 75.8. The summed E-state index contributed by atoms with van der Waals surface area (Å²) in [5, 5.41) is 10.7. The smallest absolute Gasteiger partial charge is 0.462 e. The van der Waals surface area contributed by atoms with Crippen molar-refractivity contribution in [2.24, 2.45) is 17.8 Å². The molecule has 103 heavy (non-hydrogen) atoms. The number of hydrogen-bond acceptors (Lipinski definition) is 15. The molecule has 0 aromatic carbocycles. The van der Waals surface area contributed by atoms with Crippen LogP contribution in [0.2, 0.25) is 0 Å². The quantitative estimate of drug-likeness (QED) is 0.0222. The Labute approximate surface area is 632 Å². The third-order valence-electron chi connectivity index (χ3n) is 19.6. The Balaban J connectivity index is 5.24. The minimum absolute atomic E-state index is 0.108. The average molecular weight is 1510 g/mol. The van der Waals surface area contributed by atoms with Crippen LogP contribution in [0.3, 0.4) is 0 Å². The highest BCUT2D eigenvalue weighted by atomic mass is 31.2. The predicted molar refractivity (Wildman–Crippen MR) is 423 cm³/mol. The summed E-state index contributed by atoms with van der Waals surface area (Å²) in [7, 11) is -9.93. The maximum atomic E-state index is 13.1. The second-order valence-corrected chi connectivity index (χ2v) is 34.6. The number of ether oxygens (including phenoxy) is 4. The van der Waals surface area contributed by atoms with Gasteiger partial charge in [-0.2, -0.15) is 0 Å². The number of esters is 4. The van der Waals surface area contributed by atoms with Crippen LogP contribution in [0, 0.1) is 17.8 Å². The van der Waals surface area contributed by atoms with Gasteiger partial charge in [-0.25, -0.2) is 9.13 Å². The summed E-state index contributed by atoms with van der Waals surface area (Å²) >= 11 is 0. The summed E-state index contributed by atoms with van der Waals surface area (Å²) in [6.07, 6.45) is 63.9. The lowest BCUT2D eigenvalue weighted by molar-refractivity contribution is -0.161. The molecule has 0 aliphatic rings. The Morgan fingerprint density at radius 3 is 0.660 bits per heavy atom. The highest BCUT2D eigenvalue weighted by Gasteiger charge is 2.30. The fourth-order valence-electron chi connectivity index (χ4n) is 13.0. The summed E-state index contributed by atoms with van der Waals surface area (Å²) in [5.41, 5.74) is 0. The van der Waals surface area contributed by atoms with Crippen molar-refractivity contribution in [2.75, 3.05) is 39.6 Å². The van der Waals surface area contributed by atoms with E-state index < -0.39 is 97.5 Å². The zero-order valence-electron chi connectivity index (χ0n) is 67.8. The van der Waals surface area contributed by atoms with Crippen LogP contribution in [-0.4, -0.2) is 96.7 Å². The fourth-order valence-corrected chi connectivity index (χ4v) is 14.6. The van der Waals surface area contributed by atoms with Gasteiger partial charge in [-0.05, 0) is 43.4 Å². The van der Waals surface area contributed by atoms with Crippen molar-refractivity contribution in [3.63, 3.8) is 0 Å². The van der Waals surface area contributed by atoms with Crippen LogP contribution in [-0.2, 0) is 65.4 Å². The summed E-state index contributed by atoms with van der Waals surface area (Å²) in [5.74, 6) is 0.214. The van der Waals surface area contributed by atoms with Crippen LogP contribution < -0.4 is 0 Å². The van der Waals surface area contributed by atoms with E-state index in [0.717, 1.165) is 108 Å². The molecule has 5 atom stereocenters. The summed E-state index contributed by atoms with van der Waals surface area (Å²) in [6, 6.07) is 0. The SMILES string of the molecule is CCCCCCCCCCCCCCCCCCC(=O)O[C@H](COC(=O)CCCCCCCCCC(C)C)COP(=O)(O)OC[C@H](O)COP(=O)(O)OC[C@@H](COC(=O)CCCCCCCCCCCCCCCCCC(C)C)OC(=O)CCCCCCCCCCCCCCCCCCC(C)C. The van der Waals surface area contributed by atoms with Gasteiger partial charge in [-0.15, -0.1) is 0 Å². The lowest BCUT2D eigenvalue weighted by Crippen LogP contribution is -2.30. The average Bonchev–Trinajstić information content (AvgIpc) is 0.923. The molecule has 2 unspecified atom stereocenters. The predicted octanol–water partition coefficient (Wildman–Crippen LogP) is 25.3. The van der Waals surface area contributed by atoms with Gasteiger partial charge >= 0.3 is 39.5 Å². The first-order chi connectivity index (χ1) is 49.7. The van der Waals surface area contributed by atoms with Gasteiger partial charge in [-0.3, -0.25) is 37.3 Å². The number of rotatable bonds is 82. The van der Waals surface area contributed by atoms with Gasteiger partial charge in [0.25, 0.3) is 0 Å². The molecule has 0 radical (unpaired) electrons. The van der Waals surface area contributed by atoms with E-state index in [9.17, 15) is 43.2 Å². The molecule has 0 aliphatic heterocycles. The van der Waals surface area contributed by atoms with Crippen molar-refractivity contribution in [1.82, 2.24) is 0 Å². The van der Waals surface area contributed by atoms with Crippen LogP contribution in [0.25, 0.3) is 0 Å². The van der Waals surface area contributed by atoms with Gasteiger partial charge in [0.1, 0.15) is 19.3 Å². The lowest BCUT2D eigenvalue weighted by atomic mass is 10.0. The minimum Gasteiger partial charge on any atom is -0.462 e. The molecular formula is C84H164O17P2. The number of carbonyl (C=O) groups is 4. The molecule has 0 bridgehead atoms. The van der Waals surface area contributed by atoms with Gasteiger partial charge in [0.05, 0.1) is 26.4 Å². The number of unbranched alkanes of at least 4 members (excludes halogenated alkanes) is 50. The molecule has 0 aromatic heterocycles. The van der Waals surface area contributed by atoms with Crippen LogP contribution >= 0.6 is 15.6 Å².